The van der Waals surface area contributed by atoms with Gasteiger partial charge in [-0.15, -0.1) is 0 Å². The molecule has 0 atom stereocenters. The molecule has 0 N–H and O–H groups in total. The van der Waals surface area contributed by atoms with Gasteiger partial charge in [-0.1, -0.05) is 6.07 Å². The van der Waals surface area contributed by atoms with Crippen LogP contribution in [0.25, 0.3) is 0 Å². The molecule has 1 aliphatic rings. The van der Waals surface area contributed by atoms with E-state index in [9.17, 15) is 4.79 Å². The van der Waals surface area contributed by atoms with Crippen LogP contribution < -0.4 is 4.90 Å². The SMILES string of the molecule is COC(=O)c1ccc(N2CCN(Cc3cccc(C)n3)CC2)cc1. The molecule has 0 amide bonds. The quantitative estimate of drug-likeness (QED) is 0.808. The van der Waals surface area contributed by atoms with Crippen molar-refractivity contribution in [1.82, 2.24) is 9.88 Å². The monoisotopic (exact) mass is 325 g/mol. The number of carbonyl (C=O) groups is 1. The van der Waals surface area contributed by atoms with E-state index >= 15 is 0 Å². The maximum absolute atomic E-state index is 11.5. The maximum atomic E-state index is 11.5. The molecule has 0 bridgehead atoms. The molecule has 24 heavy (non-hydrogen) atoms. The third-order valence-electron chi connectivity index (χ3n) is 4.36. The number of ether oxygens (including phenoxy) is 1. The summed E-state index contributed by atoms with van der Waals surface area (Å²) in [6.07, 6.45) is 0. The van der Waals surface area contributed by atoms with Crippen LogP contribution in [0, 0.1) is 6.92 Å². The second-order valence-electron chi connectivity index (χ2n) is 6.07. The van der Waals surface area contributed by atoms with Crippen LogP contribution in [-0.4, -0.2) is 49.1 Å². The van der Waals surface area contributed by atoms with Crippen molar-refractivity contribution >= 4 is 11.7 Å². The molecule has 0 radical (unpaired) electrons. The first-order valence-corrected chi connectivity index (χ1v) is 8.24. The van der Waals surface area contributed by atoms with Gasteiger partial charge in [-0.3, -0.25) is 9.88 Å². The Morgan fingerprint density at radius 2 is 1.79 bits per heavy atom. The van der Waals surface area contributed by atoms with Crippen LogP contribution >= 0.6 is 0 Å². The number of nitrogens with zero attached hydrogens (tertiary/aromatic N) is 3. The lowest BCUT2D eigenvalue weighted by Crippen LogP contribution is -2.46. The van der Waals surface area contributed by atoms with Crippen LogP contribution in [0.2, 0.25) is 0 Å². The average molecular weight is 325 g/mol. The summed E-state index contributed by atoms with van der Waals surface area (Å²) in [5.41, 5.74) is 3.93. The van der Waals surface area contributed by atoms with E-state index in [0.29, 0.717) is 5.56 Å². The summed E-state index contributed by atoms with van der Waals surface area (Å²) in [6.45, 7) is 6.89. The van der Waals surface area contributed by atoms with Gasteiger partial charge in [0.05, 0.1) is 18.4 Å². The van der Waals surface area contributed by atoms with Crippen LogP contribution in [-0.2, 0) is 11.3 Å². The van der Waals surface area contributed by atoms with Crippen LogP contribution in [0.3, 0.4) is 0 Å². The maximum Gasteiger partial charge on any atom is 0.337 e. The topological polar surface area (TPSA) is 45.7 Å². The van der Waals surface area contributed by atoms with E-state index in [4.69, 9.17) is 4.74 Å². The molecular weight excluding hydrogens is 302 g/mol. The van der Waals surface area contributed by atoms with E-state index in [1.165, 1.54) is 7.11 Å². The number of methoxy groups -OCH3 is 1. The van der Waals surface area contributed by atoms with Crippen molar-refractivity contribution in [3.05, 3.63) is 59.4 Å². The third-order valence-corrected chi connectivity index (χ3v) is 4.36. The van der Waals surface area contributed by atoms with Gasteiger partial charge < -0.3 is 9.64 Å². The van der Waals surface area contributed by atoms with Gasteiger partial charge in [0.15, 0.2) is 0 Å². The number of pyridine rings is 1. The Labute approximate surface area is 142 Å². The molecule has 2 aromatic rings. The fraction of sp³-hybridized carbons (Fsp3) is 0.368. The predicted molar refractivity (Wildman–Crippen MR) is 94.2 cm³/mol. The second-order valence-corrected chi connectivity index (χ2v) is 6.07. The van der Waals surface area contributed by atoms with Gasteiger partial charge in [-0.2, -0.15) is 0 Å². The minimum absolute atomic E-state index is 0.294. The lowest BCUT2D eigenvalue weighted by molar-refractivity contribution is 0.0601. The number of piperazine rings is 1. The highest BCUT2D eigenvalue weighted by molar-refractivity contribution is 5.89. The minimum atomic E-state index is -0.294. The molecule has 1 fully saturated rings. The molecule has 1 saturated heterocycles. The molecular formula is C19H23N3O2. The normalized spacial score (nSPS) is 15.3. The molecule has 126 valence electrons. The summed E-state index contributed by atoms with van der Waals surface area (Å²) in [4.78, 5) is 20.9. The Morgan fingerprint density at radius 3 is 2.42 bits per heavy atom. The fourth-order valence-electron chi connectivity index (χ4n) is 3.01. The summed E-state index contributed by atoms with van der Waals surface area (Å²) in [6, 6.07) is 13.8. The second kappa shape index (κ2) is 7.45. The number of hydrogen-bond acceptors (Lipinski definition) is 5. The van der Waals surface area contributed by atoms with Gasteiger partial charge >= 0.3 is 5.97 Å². The minimum Gasteiger partial charge on any atom is -0.465 e. The van der Waals surface area contributed by atoms with Crippen molar-refractivity contribution in [2.75, 3.05) is 38.2 Å². The summed E-state index contributed by atoms with van der Waals surface area (Å²) < 4.78 is 4.74. The summed E-state index contributed by atoms with van der Waals surface area (Å²) in [7, 11) is 1.40. The number of anilines is 1. The first-order chi connectivity index (χ1) is 11.7. The van der Waals surface area contributed by atoms with Gasteiger partial charge in [0.1, 0.15) is 0 Å². The highest BCUT2D eigenvalue weighted by atomic mass is 16.5. The molecule has 0 saturated carbocycles. The fourth-order valence-corrected chi connectivity index (χ4v) is 3.01. The first kappa shape index (κ1) is 16.5. The van der Waals surface area contributed by atoms with Gasteiger partial charge in [0.2, 0.25) is 0 Å². The summed E-state index contributed by atoms with van der Waals surface area (Å²) in [5.74, 6) is -0.294. The van der Waals surface area contributed by atoms with Crippen molar-refractivity contribution in [3.8, 4) is 0 Å². The largest absolute Gasteiger partial charge is 0.465 e. The number of carbonyl (C=O) groups excluding carboxylic acids is 1. The van der Waals surface area contributed by atoms with Crippen molar-refractivity contribution in [2.24, 2.45) is 0 Å². The molecule has 0 aliphatic carbocycles. The van der Waals surface area contributed by atoms with E-state index in [1.807, 2.05) is 37.3 Å². The lowest BCUT2D eigenvalue weighted by Gasteiger charge is -2.36. The summed E-state index contributed by atoms with van der Waals surface area (Å²) >= 11 is 0. The molecule has 1 aromatic carbocycles. The van der Waals surface area contributed by atoms with Crippen molar-refractivity contribution < 1.29 is 9.53 Å². The average Bonchev–Trinajstić information content (AvgIpc) is 2.62. The van der Waals surface area contributed by atoms with Crippen molar-refractivity contribution in [2.45, 2.75) is 13.5 Å². The molecule has 5 nitrogen and oxygen atoms in total. The van der Waals surface area contributed by atoms with Crippen LogP contribution in [0.5, 0.6) is 0 Å². The highest BCUT2D eigenvalue weighted by Gasteiger charge is 2.18. The summed E-state index contributed by atoms with van der Waals surface area (Å²) in [5, 5.41) is 0. The van der Waals surface area contributed by atoms with E-state index in [1.54, 1.807) is 0 Å². The van der Waals surface area contributed by atoms with Crippen molar-refractivity contribution in [3.63, 3.8) is 0 Å². The van der Waals surface area contributed by atoms with Gasteiger partial charge in [0, 0.05) is 44.1 Å². The zero-order chi connectivity index (χ0) is 16.9. The Kier molecular flexibility index (Phi) is 5.11. The van der Waals surface area contributed by atoms with Crippen molar-refractivity contribution in [1.29, 1.82) is 0 Å². The third kappa shape index (κ3) is 3.92. The van der Waals surface area contributed by atoms with Gasteiger partial charge in [0.25, 0.3) is 0 Å². The van der Waals surface area contributed by atoms with E-state index in [0.717, 1.165) is 49.8 Å². The van der Waals surface area contributed by atoms with Crippen LogP contribution in [0.1, 0.15) is 21.7 Å². The molecule has 0 unspecified atom stereocenters. The Balaban J connectivity index is 1.56. The van der Waals surface area contributed by atoms with Crippen LogP contribution in [0.4, 0.5) is 5.69 Å². The molecule has 5 heteroatoms. The van der Waals surface area contributed by atoms with Crippen LogP contribution in [0.15, 0.2) is 42.5 Å². The molecule has 1 aromatic heterocycles. The molecule has 3 rings (SSSR count). The Bertz CT molecular complexity index is 692. The van der Waals surface area contributed by atoms with Gasteiger partial charge in [-0.25, -0.2) is 4.79 Å². The Morgan fingerprint density at radius 1 is 1.08 bits per heavy atom. The number of benzene rings is 1. The first-order valence-electron chi connectivity index (χ1n) is 8.24. The number of rotatable bonds is 4. The zero-order valence-electron chi connectivity index (χ0n) is 14.2. The lowest BCUT2D eigenvalue weighted by atomic mass is 10.1. The Hall–Kier alpha value is -2.40. The number of aromatic nitrogens is 1. The number of hydrogen-bond donors (Lipinski definition) is 0. The zero-order valence-corrected chi connectivity index (χ0v) is 14.2. The molecule has 1 aliphatic heterocycles. The number of aryl methyl sites for hydroxylation is 1. The smallest absolute Gasteiger partial charge is 0.337 e. The number of esters is 1. The van der Waals surface area contributed by atoms with E-state index in [2.05, 4.69) is 26.9 Å². The van der Waals surface area contributed by atoms with Gasteiger partial charge in [-0.05, 0) is 43.3 Å². The molecule has 2 heterocycles. The van der Waals surface area contributed by atoms with E-state index in [-0.39, 0.29) is 5.97 Å². The standard InChI is InChI=1S/C19H23N3O2/c1-15-4-3-5-17(20-15)14-21-10-12-22(13-11-21)18-8-6-16(7-9-18)19(23)24-2/h3-9H,10-14H2,1-2H3. The van der Waals surface area contributed by atoms with E-state index < -0.39 is 0 Å². The molecule has 0 spiro atoms. The highest BCUT2D eigenvalue weighted by Crippen LogP contribution is 2.18. The predicted octanol–water partition coefficient (Wildman–Crippen LogP) is 2.50.